The minimum Gasteiger partial charge on any atom is -0.458 e. The number of rotatable bonds is 2. The minimum absolute atomic E-state index is 0.0812. The second-order valence-electron chi connectivity index (χ2n) is 4.14. The number of nitrogens with one attached hydrogen (secondary N) is 1. The Labute approximate surface area is 104 Å². The molecule has 1 unspecified atom stereocenters. The standard InChI is InChI=1S/C13H13NO2S/c15-13(16-10-5-7-17-8-10)11-3-1-2-9-4-6-14-12(9)11/h1-4,6,10,14H,5,7-8H2. The summed E-state index contributed by atoms with van der Waals surface area (Å²) in [5.41, 5.74) is 1.49. The molecule has 0 spiro atoms. The van der Waals surface area contributed by atoms with E-state index in [1.54, 1.807) is 0 Å². The van der Waals surface area contributed by atoms with Crippen LogP contribution < -0.4 is 0 Å². The van der Waals surface area contributed by atoms with Crippen molar-refractivity contribution in [2.24, 2.45) is 0 Å². The molecule has 17 heavy (non-hydrogen) atoms. The summed E-state index contributed by atoms with van der Waals surface area (Å²) < 4.78 is 5.50. The van der Waals surface area contributed by atoms with E-state index < -0.39 is 0 Å². The molecule has 2 aromatic rings. The van der Waals surface area contributed by atoms with E-state index in [-0.39, 0.29) is 12.1 Å². The van der Waals surface area contributed by atoms with E-state index >= 15 is 0 Å². The predicted molar refractivity (Wildman–Crippen MR) is 69.4 cm³/mol. The molecule has 0 bridgehead atoms. The second kappa shape index (κ2) is 4.45. The zero-order valence-corrected chi connectivity index (χ0v) is 10.1. The topological polar surface area (TPSA) is 42.1 Å². The molecule has 0 amide bonds. The van der Waals surface area contributed by atoms with Gasteiger partial charge in [0.25, 0.3) is 0 Å². The molecule has 2 heterocycles. The van der Waals surface area contributed by atoms with Crippen LogP contribution in [0.3, 0.4) is 0 Å². The summed E-state index contributed by atoms with van der Waals surface area (Å²) >= 11 is 1.84. The summed E-state index contributed by atoms with van der Waals surface area (Å²) in [5.74, 6) is 1.79. The van der Waals surface area contributed by atoms with Crippen LogP contribution >= 0.6 is 11.8 Å². The maximum absolute atomic E-state index is 12.1. The van der Waals surface area contributed by atoms with Crippen LogP contribution in [0.25, 0.3) is 10.9 Å². The van der Waals surface area contributed by atoms with Crippen LogP contribution in [0.1, 0.15) is 16.8 Å². The molecule has 0 aliphatic carbocycles. The van der Waals surface area contributed by atoms with Crippen LogP contribution in [0.5, 0.6) is 0 Å². The third-order valence-electron chi connectivity index (χ3n) is 2.97. The normalized spacial score (nSPS) is 19.6. The summed E-state index contributed by atoms with van der Waals surface area (Å²) in [6.07, 6.45) is 2.89. The lowest BCUT2D eigenvalue weighted by Crippen LogP contribution is -2.17. The first-order chi connectivity index (χ1) is 8.34. The van der Waals surface area contributed by atoms with Gasteiger partial charge in [0.15, 0.2) is 0 Å². The van der Waals surface area contributed by atoms with Gasteiger partial charge in [-0.05, 0) is 24.3 Å². The number of hydrogen-bond donors (Lipinski definition) is 1. The van der Waals surface area contributed by atoms with Gasteiger partial charge < -0.3 is 9.72 Å². The number of esters is 1. The highest BCUT2D eigenvalue weighted by atomic mass is 32.2. The average molecular weight is 247 g/mol. The molecule has 1 saturated heterocycles. The quantitative estimate of drug-likeness (QED) is 0.830. The van der Waals surface area contributed by atoms with Crippen molar-refractivity contribution in [3.05, 3.63) is 36.0 Å². The van der Waals surface area contributed by atoms with E-state index in [9.17, 15) is 4.79 Å². The highest BCUT2D eigenvalue weighted by molar-refractivity contribution is 7.99. The number of H-pyrrole nitrogens is 1. The summed E-state index contributed by atoms with van der Waals surface area (Å²) in [6, 6.07) is 7.63. The fourth-order valence-electron chi connectivity index (χ4n) is 2.08. The first-order valence-corrected chi connectivity index (χ1v) is 6.85. The zero-order chi connectivity index (χ0) is 11.7. The zero-order valence-electron chi connectivity index (χ0n) is 9.31. The second-order valence-corrected chi connectivity index (χ2v) is 5.29. The number of carbonyl (C=O) groups is 1. The van der Waals surface area contributed by atoms with Crippen molar-refractivity contribution < 1.29 is 9.53 Å². The van der Waals surface area contributed by atoms with Gasteiger partial charge in [0.2, 0.25) is 0 Å². The third-order valence-corrected chi connectivity index (χ3v) is 4.10. The molecular weight excluding hydrogens is 234 g/mol. The molecule has 1 atom stereocenters. The highest BCUT2D eigenvalue weighted by Gasteiger charge is 2.21. The number of para-hydroxylation sites is 1. The monoisotopic (exact) mass is 247 g/mol. The average Bonchev–Trinajstić information content (AvgIpc) is 2.97. The fraction of sp³-hybridized carbons (Fsp3) is 0.308. The van der Waals surface area contributed by atoms with Crippen molar-refractivity contribution in [2.75, 3.05) is 11.5 Å². The fourth-order valence-corrected chi connectivity index (χ4v) is 3.17. The summed E-state index contributed by atoms with van der Waals surface area (Å²) in [7, 11) is 0. The minimum atomic E-state index is -0.217. The largest absolute Gasteiger partial charge is 0.458 e. The van der Waals surface area contributed by atoms with Crippen LogP contribution in [0.4, 0.5) is 0 Å². The Morgan fingerprint density at radius 3 is 3.18 bits per heavy atom. The number of aromatic nitrogens is 1. The molecule has 4 heteroatoms. The van der Waals surface area contributed by atoms with Crippen LogP contribution in [-0.4, -0.2) is 28.6 Å². The highest BCUT2D eigenvalue weighted by Crippen LogP contribution is 2.23. The Kier molecular flexibility index (Phi) is 2.81. The Bertz CT molecular complexity index is 543. The first kappa shape index (κ1) is 10.7. The van der Waals surface area contributed by atoms with E-state index in [1.165, 1.54) is 0 Å². The van der Waals surface area contributed by atoms with Crippen molar-refractivity contribution >= 4 is 28.6 Å². The number of hydrogen-bond acceptors (Lipinski definition) is 3. The van der Waals surface area contributed by atoms with Crippen molar-refractivity contribution in [3.8, 4) is 0 Å². The molecule has 1 aliphatic rings. The summed E-state index contributed by atoms with van der Waals surface area (Å²) in [4.78, 5) is 15.1. The van der Waals surface area contributed by atoms with Gasteiger partial charge in [0.1, 0.15) is 6.10 Å². The van der Waals surface area contributed by atoms with Gasteiger partial charge in [-0.1, -0.05) is 12.1 Å². The van der Waals surface area contributed by atoms with Gasteiger partial charge in [-0.2, -0.15) is 11.8 Å². The Hall–Kier alpha value is -1.42. The lowest BCUT2D eigenvalue weighted by molar-refractivity contribution is 0.0359. The van der Waals surface area contributed by atoms with Gasteiger partial charge in [0.05, 0.1) is 11.1 Å². The van der Waals surface area contributed by atoms with E-state index in [0.717, 1.165) is 28.8 Å². The summed E-state index contributed by atoms with van der Waals surface area (Å²) in [5, 5.41) is 1.04. The van der Waals surface area contributed by atoms with Crippen molar-refractivity contribution in [1.82, 2.24) is 4.98 Å². The molecular formula is C13H13NO2S. The summed E-state index contributed by atoms with van der Waals surface area (Å²) in [6.45, 7) is 0. The smallest absolute Gasteiger partial charge is 0.340 e. The number of benzene rings is 1. The van der Waals surface area contributed by atoms with Gasteiger partial charge >= 0.3 is 5.97 Å². The number of fused-ring (bicyclic) bond motifs is 1. The van der Waals surface area contributed by atoms with Gasteiger partial charge in [0, 0.05) is 17.3 Å². The molecule has 1 fully saturated rings. The Balaban J connectivity index is 1.87. The number of carbonyl (C=O) groups excluding carboxylic acids is 1. The SMILES string of the molecule is O=C(OC1CCSC1)c1cccc2cc[nH]c12. The number of aromatic amines is 1. The molecule has 3 nitrogen and oxygen atoms in total. The molecule has 1 aromatic carbocycles. The molecule has 0 radical (unpaired) electrons. The van der Waals surface area contributed by atoms with Crippen LogP contribution in [0.15, 0.2) is 30.5 Å². The lowest BCUT2D eigenvalue weighted by atomic mass is 10.1. The molecule has 1 N–H and O–H groups in total. The van der Waals surface area contributed by atoms with Crippen molar-refractivity contribution in [3.63, 3.8) is 0 Å². The lowest BCUT2D eigenvalue weighted by Gasteiger charge is -2.11. The van der Waals surface area contributed by atoms with Crippen LogP contribution in [0.2, 0.25) is 0 Å². The number of ether oxygens (including phenoxy) is 1. The van der Waals surface area contributed by atoms with Gasteiger partial charge in [-0.3, -0.25) is 0 Å². The Morgan fingerprint density at radius 1 is 1.41 bits per heavy atom. The molecule has 88 valence electrons. The van der Waals surface area contributed by atoms with Crippen LogP contribution in [-0.2, 0) is 4.74 Å². The van der Waals surface area contributed by atoms with E-state index in [2.05, 4.69) is 4.98 Å². The molecule has 1 aliphatic heterocycles. The van der Waals surface area contributed by atoms with Gasteiger partial charge in [-0.25, -0.2) is 4.79 Å². The number of thioether (sulfide) groups is 1. The predicted octanol–water partition coefficient (Wildman–Crippen LogP) is 2.83. The Morgan fingerprint density at radius 2 is 2.35 bits per heavy atom. The van der Waals surface area contributed by atoms with Crippen molar-refractivity contribution in [2.45, 2.75) is 12.5 Å². The first-order valence-electron chi connectivity index (χ1n) is 5.69. The molecule has 0 saturated carbocycles. The third kappa shape index (κ3) is 2.05. The maximum atomic E-state index is 12.1. The van der Waals surface area contributed by atoms with E-state index in [4.69, 9.17) is 4.74 Å². The van der Waals surface area contributed by atoms with E-state index in [0.29, 0.717) is 5.56 Å². The molecule has 1 aromatic heterocycles. The maximum Gasteiger partial charge on any atom is 0.340 e. The van der Waals surface area contributed by atoms with Gasteiger partial charge in [-0.15, -0.1) is 0 Å². The molecule has 3 rings (SSSR count). The van der Waals surface area contributed by atoms with Crippen LogP contribution in [0, 0.1) is 0 Å². The van der Waals surface area contributed by atoms with Crippen molar-refractivity contribution in [1.29, 1.82) is 0 Å². The van der Waals surface area contributed by atoms with E-state index in [1.807, 2.05) is 42.2 Å².